The van der Waals surface area contributed by atoms with E-state index < -0.39 is 0 Å². The molecule has 5 heteroatoms. The molecule has 1 aromatic heterocycles. The number of esters is 1. The lowest BCUT2D eigenvalue weighted by Gasteiger charge is -2.57. The number of hydrogen-bond acceptors (Lipinski definition) is 4. The van der Waals surface area contributed by atoms with Crippen molar-refractivity contribution >= 4 is 22.8 Å². The second-order valence-corrected chi connectivity index (χ2v) is 12.3. The van der Waals surface area contributed by atoms with Gasteiger partial charge in [0, 0.05) is 25.3 Å². The van der Waals surface area contributed by atoms with E-state index in [0.717, 1.165) is 49.6 Å². The fourth-order valence-electron chi connectivity index (χ4n) is 9.23. The van der Waals surface area contributed by atoms with Crippen LogP contribution in [-0.2, 0) is 14.3 Å². The minimum absolute atomic E-state index is 0.0275. The molecule has 0 saturated heterocycles. The molecule has 0 aliphatic heterocycles. The van der Waals surface area contributed by atoms with Crippen LogP contribution in [0.15, 0.2) is 42.2 Å². The summed E-state index contributed by atoms with van der Waals surface area (Å²) in [4.78, 5) is 29.5. The van der Waals surface area contributed by atoms with Crippen LogP contribution in [0.4, 0.5) is 0 Å². The van der Waals surface area contributed by atoms with Crippen molar-refractivity contribution < 1.29 is 14.3 Å². The van der Waals surface area contributed by atoms with E-state index in [-0.39, 0.29) is 34.9 Å². The van der Waals surface area contributed by atoms with Crippen LogP contribution in [0.25, 0.3) is 11.0 Å². The lowest BCUT2D eigenvalue weighted by molar-refractivity contribution is -0.149. The van der Waals surface area contributed by atoms with Crippen LogP contribution < -0.4 is 0 Å². The minimum atomic E-state index is -0.166. The van der Waals surface area contributed by atoms with Gasteiger partial charge < -0.3 is 9.30 Å². The van der Waals surface area contributed by atoms with Crippen molar-refractivity contribution in [1.82, 2.24) is 9.55 Å². The maximum absolute atomic E-state index is 13.2. The number of allylic oxidation sites excluding steroid dienone is 1. The Morgan fingerprint density at radius 3 is 2.66 bits per heavy atom. The average Bonchev–Trinajstić information content (AvgIpc) is 3.37. The van der Waals surface area contributed by atoms with Crippen molar-refractivity contribution in [1.29, 1.82) is 0 Å². The number of nitrogens with zero attached hydrogens (tertiary/aromatic N) is 2. The molecule has 3 saturated carbocycles. The SMILES string of the molecule is CC(=O)OC1CC[C@@]2(C)C(=CC[C@H]3[C@@H]4C[C@@H](n5cnc6ccccc65)[C@H](C(C)=O)[C@@]4(C)CC[C@@H]32)C1. The molecule has 0 N–H and O–H groups in total. The molecule has 0 radical (unpaired) electrons. The van der Waals surface area contributed by atoms with Gasteiger partial charge in [0.25, 0.3) is 0 Å². The van der Waals surface area contributed by atoms with Gasteiger partial charge in [0.15, 0.2) is 0 Å². The molecular formula is C30H38N2O3. The minimum Gasteiger partial charge on any atom is -0.462 e. The molecule has 1 aromatic carbocycles. The Hall–Kier alpha value is -2.43. The van der Waals surface area contributed by atoms with Gasteiger partial charge >= 0.3 is 5.97 Å². The van der Waals surface area contributed by atoms with Gasteiger partial charge in [-0.05, 0) is 86.2 Å². The van der Waals surface area contributed by atoms with Crippen molar-refractivity contribution in [2.24, 2.45) is 34.5 Å². The highest BCUT2D eigenvalue weighted by Gasteiger charge is 2.62. The lowest BCUT2D eigenvalue weighted by atomic mass is 9.47. The first-order valence-electron chi connectivity index (χ1n) is 13.5. The average molecular weight is 475 g/mol. The van der Waals surface area contributed by atoms with Gasteiger partial charge in [0.05, 0.1) is 17.4 Å². The van der Waals surface area contributed by atoms with Crippen LogP contribution in [0.5, 0.6) is 0 Å². The van der Waals surface area contributed by atoms with Crippen LogP contribution in [0.3, 0.4) is 0 Å². The molecule has 0 bridgehead atoms. The zero-order valence-electron chi connectivity index (χ0n) is 21.5. The Kier molecular flexibility index (Phi) is 5.28. The Balaban J connectivity index is 1.35. The summed E-state index contributed by atoms with van der Waals surface area (Å²) in [5.41, 5.74) is 3.88. The number of carbonyl (C=O) groups is 2. The molecule has 4 aliphatic carbocycles. The van der Waals surface area contributed by atoms with Crippen molar-refractivity contribution in [2.75, 3.05) is 0 Å². The molecule has 1 heterocycles. The number of hydrogen-bond donors (Lipinski definition) is 0. The lowest BCUT2D eigenvalue weighted by Crippen LogP contribution is -2.51. The standard InChI is InChI=1S/C30H38N2O3/c1-18(33)28-27(32-17-31-25-7-5-6-8-26(25)32)16-24-22-10-9-20-15-21(35-19(2)34)11-13-29(20,3)23(22)12-14-30(24,28)4/h5-9,17,21-24,27-28H,10-16H2,1-4H3/t21?,22-,23+,24+,27-,28+,29+,30+/m1/s1. The number of rotatable bonds is 3. The molecule has 35 heavy (non-hydrogen) atoms. The van der Waals surface area contributed by atoms with E-state index in [0.29, 0.717) is 23.5 Å². The van der Waals surface area contributed by atoms with Gasteiger partial charge in [-0.1, -0.05) is 37.6 Å². The van der Waals surface area contributed by atoms with E-state index >= 15 is 0 Å². The van der Waals surface area contributed by atoms with Crippen LogP contribution in [0, 0.1) is 34.5 Å². The maximum atomic E-state index is 13.2. The molecule has 8 atom stereocenters. The second kappa shape index (κ2) is 8.04. The van der Waals surface area contributed by atoms with Gasteiger partial charge in [0.1, 0.15) is 11.9 Å². The van der Waals surface area contributed by atoms with E-state index in [1.54, 1.807) is 0 Å². The fourth-order valence-corrected chi connectivity index (χ4v) is 9.23. The van der Waals surface area contributed by atoms with Crippen molar-refractivity contribution in [3.63, 3.8) is 0 Å². The predicted molar refractivity (Wildman–Crippen MR) is 136 cm³/mol. The monoisotopic (exact) mass is 474 g/mol. The number of ether oxygens (including phenoxy) is 1. The van der Waals surface area contributed by atoms with Gasteiger partial charge in [-0.25, -0.2) is 4.98 Å². The number of ketones is 1. The summed E-state index contributed by atoms with van der Waals surface area (Å²) in [5, 5.41) is 0. The first kappa shape index (κ1) is 23.0. The Labute approximate surface area is 208 Å². The van der Waals surface area contributed by atoms with Gasteiger partial charge in [-0.15, -0.1) is 0 Å². The molecule has 0 spiro atoms. The van der Waals surface area contributed by atoms with E-state index in [2.05, 4.69) is 47.7 Å². The smallest absolute Gasteiger partial charge is 0.302 e. The highest BCUT2D eigenvalue weighted by molar-refractivity contribution is 5.81. The summed E-state index contributed by atoms with van der Waals surface area (Å²) in [7, 11) is 0. The summed E-state index contributed by atoms with van der Waals surface area (Å²) < 4.78 is 7.93. The van der Waals surface area contributed by atoms with Crippen LogP contribution in [0.2, 0.25) is 0 Å². The Morgan fingerprint density at radius 1 is 1.09 bits per heavy atom. The summed E-state index contributed by atoms with van der Waals surface area (Å²) in [6, 6.07) is 8.49. The Bertz CT molecular complexity index is 1210. The molecule has 1 unspecified atom stereocenters. The zero-order valence-corrected chi connectivity index (χ0v) is 21.5. The normalized spacial score (nSPS) is 40.4. The number of benzene rings is 1. The number of fused-ring (bicyclic) bond motifs is 6. The topological polar surface area (TPSA) is 61.2 Å². The second-order valence-electron chi connectivity index (χ2n) is 12.3. The summed E-state index contributed by atoms with van der Waals surface area (Å²) in [6.45, 7) is 8.22. The maximum Gasteiger partial charge on any atom is 0.302 e. The highest BCUT2D eigenvalue weighted by Crippen LogP contribution is 2.68. The Morgan fingerprint density at radius 2 is 1.89 bits per heavy atom. The fraction of sp³-hybridized carbons (Fsp3) is 0.633. The van der Waals surface area contributed by atoms with E-state index in [9.17, 15) is 9.59 Å². The molecule has 4 aliphatic rings. The third-order valence-corrected chi connectivity index (χ3v) is 10.7. The van der Waals surface area contributed by atoms with Crippen LogP contribution in [-0.4, -0.2) is 27.4 Å². The summed E-state index contributed by atoms with van der Waals surface area (Å²) in [6.07, 6.45) is 11.9. The molecule has 0 amide bonds. The number of carbonyl (C=O) groups excluding carboxylic acids is 2. The number of aromatic nitrogens is 2. The molecule has 3 fully saturated rings. The predicted octanol–water partition coefficient (Wildman–Crippen LogP) is 6.29. The summed E-state index contributed by atoms with van der Waals surface area (Å²) >= 11 is 0. The third kappa shape index (κ3) is 3.37. The third-order valence-electron chi connectivity index (χ3n) is 10.7. The van der Waals surface area contributed by atoms with Gasteiger partial charge in [-0.2, -0.15) is 0 Å². The molecular weight excluding hydrogens is 436 g/mol. The van der Waals surface area contributed by atoms with Crippen LogP contribution in [0.1, 0.15) is 78.7 Å². The largest absolute Gasteiger partial charge is 0.462 e. The highest BCUT2D eigenvalue weighted by atomic mass is 16.5. The quantitative estimate of drug-likeness (QED) is 0.388. The zero-order chi connectivity index (χ0) is 24.5. The molecule has 5 nitrogen and oxygen atoms in total. The van der Waals surface area contributed by atoms with Gasteiger partial charge in [-0.3, -0.25) is 9.59 Å². The molecule has 2 aromatic rings. The molecule has 6 rings (SSSR count). The van der Waals surface area contributed by atoms with E-state index in [1.165, 1.54) is 18.9 Å². The van der Waals surface area contributed by atoms with Crippen LogP contribution >= 0.6 is 0 Å². The number of Topliss-reactive ketones (excluding diaryl/α,β-unsaturated/α-hetero) is 1. The van der Waals surface area contributed by atoms with E-state index in [4.69, 9.17) is 4.74 Å². The van der Waals surface area contributed by atoms with Crippen molar-refractivity contribution in [3.05, 3.63) is 42.2 Å². The van der Waals surface area contributed by atoms with Crippen molar-refractivity contribution in [3.8, 4) is 0 Å². The van der Waals surface area contributed by atoms with Gasteiger partial charge in [0.2, 0.25) is 0 Å². The summed E-state index contributed by atoms with van der Waals surface area (Å²) in [5.74, 6) is 1.97. The first-order valence-corrected chi connectivity index (χ1v) is 13.5. The molecule has 186 valence electrons. The van der Waals surface area contributed by atoms with Crippen molar-refractivity contribution in [2.45, 2.75) is 84.8 Å². The van der Waals surface area contributed by atoms with E-state index in [1.807, 2.05) is 19.3 Å². The first-order chi connectivity index (χ1) is 16.7. The number of imidazole rings is 1. The number of para-hydroxylation sites is 2.